The van der Waals surface area contributed by atoms with E-state index in [9.17, 15) is 14.0 Å². The fourth-order valence-corrected chi connectivity index (χ4v) is 7.18. The largest absolute Gasteiger partial charge is 0.446 e. The Kier molecular flexibility index (Phi) is 10.5. The Labute approximate surface area is 251 Å². The summed E-state index contributed by atoms with van der Waals surface area (Å²) in [6, 6.07) is 12.7. The maximum Gasteiger partial charge on any atom is 0.414 e. The minimum Gasteiger partial charge on any atom is -0.446 e. The van der Waals surface area contributed by atoms with Crippen LogP contribution in [0.15, 0.2) is 42.5 Å². The molecule has 7 heteroatoms. The maximum atomic E-state index is 13.6. The summed E-state index contributed by atoms with van der Waals surface area (Å²) in [4.78, 5) is 33.1. The first-order valence-corrected chi connectivity index (χ1v) is 16.4. The van der Waals surface area contributed by atoms with Gasteiger partial charge in [-0.1, -0.05) is 51.7 Å². The van der Waals surface area contributed by atoms with E-state index in [4.69, 9.17) is 4.74 Å². The van der Waals surface area contributed by atoms with E-state index in [2.05, 4.69) is 41.8 Å². The van der Waals surface area contributed by atoms with Crippen LogP contribution < -0.4 is 9.80 Å². The van der Waals surface area contributed by atoms with E-state index in [-0.39, 0.29) is 23.8 Å². The van der Waals surface area contributed by atoms with E-state index in [1.54, 1.807) is 12.1 Å². The summed E-state index contributed by atoms with van der Waals surface area (Å²) >= 11 is 0. The normalized spacial score (nSPS) is 19.6. The number of amides is 1. The van der Waals surface area contributed by atoms with Gasteiger partial charge in [0.25, 0.3) is 0 Å². The summed E-state index contributed by atoms with van der Waals surface area (Å²) in [6.07, 6.45) is 10.9. The highest BCUT2D eigenvalue weighted by atomic mass is 19.1. The Morgan fingerprint density at radius 3 is 2.38 bits per heavy atom. The van der Waals surface area contributed by atoms with E-state index in [0.29, 0.717) is 30.5 Å². The van der Waals surface area contributed by atoms with Crippen LogP contribution in [0.4, 0.5) is 20.6 Å². The summed E-state index contributed by atoms with van der Waals surface area (Å²) < 4.78 is 19.4. The molecule has 2 atom stereocenters. The standard InChI is InChI=1S/C35H48FN3O3/c1-3-5-7-11-28(12-8-6-4-2)42-35(41)39-24-23-38-31-20-22-37(25-30(31)29-13-9-14-32(39)34(29)38)21-10-15-33(40)26-16-18-27(36)19-17-26/h9,13-14,16-19,28,30-31H,3-8,10-12,15,20-25H2,1-2H3. The highest BCUT2D eigenvalue weighted by molar-refractivity contribution is 5.96. The second kappa shape index (κ2) is 14.5. The fraction of sp³-hybridized carbons (Fsp3) is 0.600. The number of likely N-dealkylation sites (tertiary alicyclic amines) is 1. The molecule has 2 aromatic rings. The zero-order valence-electron chi connectivity index (χ0n) is 25.5. The molecule has 6 nitrogen and oxygen atoms in total. The van der Waals surface area contributed by atoms with Crippen molar-refractivity contribution < 1.29 is 18.7 Å². The van der Waals surface area contributed by atoms with Gasteiger partial charge in [0.15, 0.2) is 5.78 Å². The number of fused-ring (bicyclic) bond motifs is 3. The zero-order chi connectivity index (χ0) is 29.5. The molecule has 1 amide bonds. The van der Waals surface area contributed by atoms with Gasteiger partial charge in [-0.05, 0) is 81.0 Å². The number of rotatable bonds is 14. The zero-order valence-corrected chi connectivity index (χ0v) is 25.5. The van der Waals surface area contributed by atoms with Crippen LogP contribution in [0.5, 0.6) is 0 Å². The quantitative estimate of drug-likeness (QED) is 0.168. The summed E-state index contributed by atoms with van der Waals surface area (Å²) in [7, 11) is 0. The third-order valence-electron chi connectivity index (χ3n) is 9.44. The highest BCUT2D eigenvalue weighted by Gasteiger charge is 2.45. The van der Waals surface area contributed by atoms with Crippen LogP contribution in [0, 0.1) is 5.82 Å². The number of benzene rings is 2. The molecule has 0 saturated carbocycles. The molecule has 42 heavy (non-hydrogen) atoms. The van der Waals surface area contributed by atoms with Crippen molar-refractivity contribution in [2.45, 2.75) is 103 Å². The SMILES string of the molecule is CCCCCC(CCCCC)OC(=O)N1CCN2c3c(cccc31)C1CN(CCCC(=O)c3ccc(F)cc3)CCC12. The van der Waals surface area contributed by atoms with Gasteiger partial charge in [-0.25, -0.2) is 9.18 Å². The number of hydrogen-bond acceptors (Lipinski definition) is 5. The molecule has 0 radical (unpaired) electrons. The summed E-state index contributed by atoms with van der Waals surface area (Å²) in [5.74, 6) is 0.150. The van der Waals surface area contributed by atoms with E-state index < -0.39 is 0 Å². The lowest BCUT2D eigenvalue weighted by molar-refractivity contribution is 0.0900. The first kappa shape index (κ1) is 30.5. The van der Waals surface area contributed by atoms with Gasteiger partial charge in [0.2, 0.25) is 0 Å². The summed E-state index contributed by atoms with van der Waals surface area (Å²) in [5.41, 5.74) is 4.13. The molecule has 228 valence electrons. The Hall–Kier alpha value is -2.93. The first-order valence-electron chi connectivity index (χ1n) is 16.4. The minimum atomic E-state index is -0.318. The number of ketones is 1. The van der Waals surface area contributed by atoms with Crippen molar-refractivity contribution in [3.05, 3.63) is 59.4 Å². The third-order valence-corrected chi connectivity index (χ3v) is 9.44. The van der Waals surface area contributed by atoms with Crippen molar-refractivity contribution in [1.29, 1.82) is 0 Å². The van der Waals surface area contributed by atoms with Crippen LogP contribution >= 0.6 is 0 Å². The topological polar surface area (TPSA) is 53.1 Å². The minimum absolute atomic E-state index is 0.00327. The van der Waals surface area contributed by atoms with Gasteiger partial charge in [-0.2, -0.15) is 0 Å². The van der Waals surface area contributed by atoms with Crippen LogP contribution in [0.2, 0.25) is 0 Å². The Bertz CT molecular complexity index is 1190. The Balaban J connectivity index is 1.21. The first-order chi connectivity index (χ1) is 20.5. The number of hydrogen-bond donors (Lipinski definition) is 0. The molecule has 5 rings (SSSR count). The molecular formula is C35H48FN3O3. The smallest absolute Gasteiger partial charge is 0.414 e. The molecule has 2 aromatic carbocycles. The highest BCUT2D eigenvalue weighted by Crippen LogP contribution is 2.50. The lowest BCUT2D eigenvalue weighted by atomic mass is 9.89. The number of halogens is 1. The van der Waals surface area contributed by atoms with E-state index in [1.165, 1.54) is 49.1 Å². The van der Waals surface area contributed by atoms with Gasteiger partial charge in [-0.15, -0.1) is 0 Å². The summed E-state index contributed by atoms with van der Waals surface area (Å²) in [6.45, 7) is 8.76. The number of carbonyl (C=O) groups excluding carboxylic acids is 2. The molecule has 0 spiro atoms. The van der Waals surface area contributed by atoms with Gasteiger partial charge in [0.1, 0.15) is 11.9 Å². The molecule has 1 saturated heterocycles. The van der Waals surface area contributed by atoms with Crippen molar-refractivity contribution in [1.82, 2.24) is 4.90 Å². The molecule has 0 aliphatic carbocycles. The third kappa shape index (κ3) is 6.99. The molecular weight excluding hydrogens is 529 g/mol. The average Bonchev–Trinajstić information content (AvgIpc) is 3.32. The molecule has 1 fully saturated rings. The molecule has 3 heterocycles. The number of nitrogens with zero attached hydrogens (tertiary/aromatic N) is 3. The number of carbonyl (C=O) groups is 2. The van der Waals surface area contributed by atoms with Gasteiger partial charge in [0, 0.05) is 50.1 Å². The second-order valence-electron chi connectivity index (χ2n) is 12.4. The van der Waals surface area contributed by atoms with Crippen molar-refractivity contribution in [2.75, 3.05) is 42.5 Å². The van der Waals surface area contributed by atoms with Gasteiger partial charge in [0.05, 0.1) is 11.4 Å². The number of unbranched alkanes of at least 4 members (excludes halogenated alkanes) is 4. The van der Waals surface area contributed by atoms with Crippen molar-refractivity contribution in [2.24, 2.45) is 0 Å². The second-order valence-corrected chi connectivity index (χ2v) is 12.4. The summed E-state index contributed by atoms with van der Waals surface area (Å²) in [5, 5.41) is 0. The van der Waals surface area contributed by atoms with Gasteiger partial charge in [-0.3, -0.25) is 9.69 Å². The molecule has 3 aliphatic heterocycles. The molecule has 0 bridgehead atoms. The van der Waals surface area contributed by atoms with Crippen LogP contribution in [-0.4, -0.2) is 61.6 Å². The average molecular weight is 578 g/mol. The predicted octanol–water partition coefficient (Wildman–Crippen LogP) is 7.95. The number of piperidine rings is 1. The number of Topliss-reactive ketones (excluding diaryl/α,β-unsaturated/α-hetero) is 1. The number of ether oxygens (including phenoxy) is 1. The van der Waals surface area contributed by atoms with Crippen molar-refractivity contribution >= 4 is 23.3 Å². The number of para-hydroxylation sites is 1. The molecule has 3 aliphatic rings. The lowest BCUT2D eigenvalue weighted by Crippen LogP contribution is -2.51. The Morgan fingerprint density at radius 2 is 1.67 bits per heavy atom. The molecule has 0 N–H and O–H groups in total. The van der Waals surface area contributed by atoms with Crippen molar-refractivity contribution in [3.63, 3.8) is 0 Å². The number of anilines is 2. The van der Waals surface area contributed by atoms with Crippen LogP contribution in [-0.2, 0) is 4.74 Å². The van der Waals surface area contributed by atoms with Crippen molar-refractivity contribution in [3.8, 4) is 0 Å². The lowest BCUT2D eigenvalue weighted by Gasteiger charge is -2.41. The van der Waals surface area contributed by atoms with E-state index >= 15 is 0 Å². The predicted molar refractivity (Wildman–Crippen MR) is 167 cm³/mol. The molecule has 0 aromatic heterocycles. The monoisotopic (exact) mass is 577 g/mol. The maximum absolute atomic E-state index is 13.6. The van der Waals surface area contributed by atoms with E-state index in [0.717, 1.165) is 70.4 Å². The van der Waals surface area contributed by atoms with E-state index in [1.807, 2.05) is 4.90 Å². The van der Waals surface area contributed by atoms with Crippen LogP contribution in [0.1, 0.15) is 106 Å². The molecule has 2 unspecified atom stereocenters. The van der Waals surface area contributed by atoms with Gasteiger partial charge < -0.3 is 14.5 Å². The fourth-order valence-electron chi connectivity index (χ4n) is 7.18. The van der Waals surface area contributed by atoms with Crippen LogP contribution in [0.25, 0.3) is 0 Å². The van der Waals surface area contributed by atoms with Crippen LogP contribution in [0.3, 0.4) is 0 Å². The van der Waals surface area contributed by atoms with Gasteiger partial charge >= 0.3 is 6.09 Å². The Morgan fingerprint density at radius 1 is 0.929 bits per heavy atom.